The molecule has 3 heterocycles. The predicted octanol–water partition coefficient (Wildman–Crippen LogP) is 4.73. The Morgan fingerprint density at radius 3 is 2.50 bits per heavy atom. The number of hydrogen-bond acceptors (Lipinski definition) is 6. The summed E-state index contributed by atoms with van der Waals surface area (Å²) in [4.78, 5) is 27.0. The number of pyridine rings is 1. The Hall–Kier alpha value is -4.07. The minimum absolute atomic E-state index is 0.0425. The molecule has 0 radical (unpaired) electrons. The molecule has 0 bridgehead atoms. The zero-order chi connectivity index (χ0) is 24.3. The van der Waals surface area contributed by atoms with Gasteiger partial charge in [-0.1, -0.05) is 12.1 Å². The molecule has 1 aliphatic carbocycles. The summed E-state index contributed by atoms with van der Waals surface area (Å²) in [6, 6.07) is 17.8. The van der Waals surface area contributed by atoms with Crippen LogP contribution in [0.4, 0.5) is 0 Å². The van der Waals surface area contributed by atoms with Gasteiger partial charge in [0.1, 0.15) is 18.2 Å². The molecule has 0 saturated carbocycles. The fraction of sp³-hybridized carbons (Fsp3) is 0.207. The van der Waals surface area contributed by atoms with E-state index in [0.29, 0.717) is 6.61 Å². The van der Waals surface area contributed by atoms with E-state index in [-0.39, 0.29) is 5.78 Å². The minimum atomic E-state index is 0.0425. The molecule has 180 valence electrons. The van der Waals surface area contributed by atoms with E-state index in [4.69, 9.17) is 14.5 Å². The highest BCUT2D eigenvalue weighted by Crippen LogP contribution is 2.35. The van der Waals surface area contributed by atoms with Crippen molar-refractivity contribution >= 4 is 11.9 Å². The van der Waals surface area contributed by atoms with Gasteiger partial charge in [-0.3, -0.25) is 14.7 Å². The molecule has 6 rings (SSSR count). The maximum absolute atomic E-state index is 12.0. The fourth-order valence-electron chi connectivity index (χ4n) is 4.60. The number of aromatic nitrogens is 3. The molecular weight excluding hydrogens is 452 g/mol. The largest absolute Gasteiger partial charge is 0.492 e. The summed E-state index contributed by atoms with van der Waals surface area (Å²) >= 11 is 0. The Balaban J connectivity index is 1.26. The van der Waals surface area contributed by atoms with Crippen molar-refractivity contribution in [3.63, 3.8) is 0 Å². The summed E-state index contributed by atoms with van der Waals surface area (Å²) in [6.07, 6.45) is 7.01. The highest BCUT2D eigenvalue weighted by Gasteiger charge is 2.19. The van der Waals surface area contributed by atoms with E-state index in [1.165, 1.54) is 0 Å². The first-order valence-electron chi connectivity index (χ1n) is 12.2. The molecule has 2 aromatic carbocycles. The summed E-state index contributed by atoms with van der Waals surface area (Å²) in [7, 11) is 0. The van der Waals surface area contributed by atoms with E-state index in [0.717, 1.165) is 83.6 Å². The van der Waals surface area contributed by atoms with E-state index in [1.807, 2.05) is 60.7 Å². The van der Waals surface area contributed by atoms with Gasteiger partial charge in [0.2, 0.25) is 0 Å². The molecule has 1 fully saturated rings. The number of imidazole rings is 1. The van der Waals surface area contributed by atoms with Gasteiger partial charge in [0.25, 0.3) is 0 Å². The number of H-pyrrole nitrogens is 1. The molecule has 1 saturated heterocycles. The summed E-state index contributed by atoms with van der Waals surface area (Å²) < 4.78 is 11.4. The SMILES string of the molecule is O=C1C=Cc2cc(-c3nc(-c4ccc(OCCN5CCOCC5)cc4)[nH]c3-c3ccncc3)ccc21. The third-order valence-corrected chi connectivity index (χ3v) is 6.59. The van der Waals surface area contributed by atoms with Gasteiger partial charge in [-0.15, -0.1) is 0 Å². The van der Waals surface area contributed by atoms with Gasteiger partial charge < -0.3 is 14.5 Å². The van der Waals surface area contributed by atoms with Crippen molar-refractivity contribution in [3.05, 3.63) is 84.2 Å². The first kappa shape index (κ1) is 22.4. The second kappa shape index (κ2) is 9.89. The molecule has 0 unspecified atom stereocenters. The summed E-state index contributed by atoms with van der Waals surface area (Å²) in [5.41, 5.74) is 6.29. The van der Waals surface area contributed by atoms with Gasteiger partial charge in [-0.05, 0) is 60.2 Å². The smallest absolute Gasteiger partial charge is 0.186 e. The monoisotopic (exact) mass is 478 g/mol. The number of benzene rings is 2. The van der Waals surface area contributed by atoms with Crippen LogP contribution in [0.3, 0.4) is 0 Å². The molecule has 2 aromatic heterocycles. The second-order valence-electron chi connectivity index (χ2n) is 8.87. The highest BCUT2D eigenvalue weighted by molar-refractivity contribution is 6.14. The Labute approximate surface area is 209 Å². The van der Waals surface area contributed by atoms with Crippen LogP contribution in [0.15, 0.2) is 73.1 Å². The van der Waals surface area contributed by atoms with Crippen molar-refractivity contribution in [2.45, 2.75) is 0 Å². The number of nitrogens with one attached hydrogen (secondary N) is 1. The minimum Gasteiger partial charge on any atom is -0.492 e. The Morgan fingerprint density at radius 1 is 0.917 bits per heavy atom. The molecule has 7 heteroatoms. The zero-order valence-corrected chi connectivity index (χ0v) is 19.8. The van der Waals surface area contributed by atoms with E-state index >= 15 is 0 Å². The quantitative estimate of drug-likeness (QED) is 0.414. The number of carbonyl (C=O) groups excluding carboxylic acids is 1. The number of fused-ring (bicyclic) bond motifs is 1. The zero-order valence-electron chi connectivity index (χ0n) is 19.8. The Morgan fingerprint density at radius 2 is 1.69 bits per heavy atom. The first-order valence-corrected chi connectivity index (χ1v) is 12.2. The predicted molar refractivity (Wildman–Crippen MR) is 139 cm³/mol. The van der Waals surface area contributed by atoms with Crippen molar-refractivity contribution in [1.29, 1.82) is 0 Å². The average Bonchev–Trinajstić information content (AvgIpc) is 3.54. The molecule has 0 spiro atoms. The highest BCUT2D eigenvalue weighted by atomic mass is 16.5. The maximum Gasteiger partial charge on any atom is 0.186 e. The summed E-state index contributed by atoms with van der Waals surface area (Å²) in [6.45, 7) is 5.04. The summed E-state index contributed by atoms with van der Waals surface area (Å²) in [5, 5.41) is 0. The standard InChI is InChI=1S/C29H26N4O3/c34-26-8-4-22-19-23(3-7-25(22)26)28-27(20-9-11-30-12-10-20)31-29(32-28)21-1-5-24(6-2-21)36-18-15-33-13-16-35-17-14-33/h1-12,19H,13-18H2,(H,31,32). The van der Waals surface area contributed by atoms with Crippen molar-refractivity contribution < 1.29 is 14.3 Å². The number of rotatable bonds is 7. The molecule has 0 amide bonds. The number of aromatic amines is 1. The van der Waals surface area contributed by atoms with Gasteiger partial charge in [0, 0.05) is 54.3 Å². The van der Waals surface area contributed by atoms with Crippen LogP contribution in [0.2, 0.25) is 0 Å². The van der Waals surface area contributed by atoms with Crippen LogP contribution in [0.25, 0.3) is 40.0 Å². The number of allylic oxidation sites excluding steroid dienone is 1. The summed E-state index contributed by atoms with van der Waals surface area (Å²) in [5.74, 6) is 1.65. The average molecular weight is 479 g/mol. The van der Waals surface area contributed by atoms with Crippen molar-refractivity contribution in [3.8, 4) is 39.7 Å². The third-order valence-electron chi connectivity index (χ3n) is 6.59. The lowest BCUT2D eigenvalue weighted by molar-refractivity contribution is 0.0322. The number of ether oxygens (including phenoxy) is 2. The van der Waals surface area contributed by atoms with Gasteiger partial charge >= 0.3 is 0 Å². The van der Waals surface area contributed by atoms with Crippen LogP contribution in [0, 0.1) is 0 Å². The van der Waals surface area contributed by atoms with E-state index < -0.39 is 0 Å². The van der Waals surface area contributed by atoms with Crippen LogP contribution >= 0.6 is 0 Å². The molecule has 1 aliphatic heterocycles. The molecule has 36 heavy (non-hydrogen) atoms. The topological polar surface area (TPSA) is 80.3 Å². The molecular formula is C29H26N4O3. The molecule has 4 aromatic rings. The van der Waals surface area contributed by atoms with Crippen molar-refractivity contribution in [1.82, 2.24) is 19.9 Å². The van der Waals surface area contributed by atoms with Gasteiger partial charge in [-0.25, -0.2) is 4.98 Å². The van der Waals surface area contributed by atoms with Gasteiger partial charge in [0.15, 0.2) is 5.78 Å². The second-order valence-corrected chi connectivity index (χ2v) is 8.87. The lowest BCUT2D eigenvalue weighted by atomic mass is 10.0. The first-order chi connectivity index (χ1) is 17.7. The Kier molecular flexibility index (Phi) is 6.15. The number of morpholine rings is 1. The van der Waals surface area contributed by atoms with Crippen LogP contribution in [0.5, 0.6) is 5.75 Å². The van der Waals surface area contributed by atoms with Gasteiger partial charge in [-0.2, -0.15) is 0 Å². The lowest BCUT2D eigenvalue weighted by Crippen LogP contribution is -2.38. The Bertz CT molecular complexity index is 1400. The molecule has 1 N–H and O–H groups in total. The van der Waals surface area contributed by atoms with Crippen LogP contribution < -0.4 is 4.74 Å². The molecule has 2 aliphatic rings. The lowest BCUT2D eigenvalue weighted by Gasteiger charge is -2.26. The van der Waals surface area contributed by atoms with E-state index in [9.17, 15) is 4.79 Å². The van der Waals surface area contributed by atoms with E-state index in [2.05, 4.69) is 14.9 Å². The van der Waals surface area contributed by atoms with Crippen LogP contribution in [0.1, 0.15) is 15.9 Å². The number of ketones is 1. The fourth-order valence-corrected chi connectivity index (χ4v) is 4.60. The van der Waals surface area contributed by atoms with E-state index in [1.54, 1.807) is 18.5 Å². The number of carbonyl (C=O) groups is 1. The number of hydrogen-bond donors (Lipinski definition) is 1. The van der Waals surface area contributed by atoms with Gasteiger partial charge in [0.05, 0.1) is 24.6 Å². The normalized spacial score (nSPS) is 15.3. The third kappa shape index (κ3) is 4.58. The van der Waals surface area contributed by atoms with Crippen LogP contribution in [-0.4, -0.2) is 65.1 Å². The van der Waals surface area contributed by atoms with Crippen molar-refractivity contribution in [2.75, 3.05) is 39.5 Å². The van der Waals surface area contributed by atoms with Crippen LogP contribution in [-0.2, 0) is 4.74 Å². The maximum atomic E-state index is 12.0. The molecule has 7 nitrogen and oxygen atoms in total. The van der Waals surface area contributed by atoms with Crippen molar-refractivity contribution in [2.24, 2.45) is 0 Å². The molecule has 0 atom stereocenters. The number of nitrogens with zero attached hydrogens (tertiary/aromatic N) is 3.